The predicted molar refractivity (Wildman–Crippen MR) is 123 cm³/mol. The summed E-state index contributed by atoms with van der Waals surface area (Å²) in [5.74, 6) is 4.49. The number of nitrogens with one attached hydrogen (secondary N) is 3. The van der Waals surface area contributed by atoms with Crippen molar-refractivity contribution < 1.29 is 0 Å². The molecule has 0 bridgehead atoms. The summed E-state index contributed by atoms with van der Waals surface area (Å²) in [7, 11) is 0. The van der Waals surface area contributed by atoms with E-state index in [0.29, 0.717) is 5.95 Å². The summed E-state index contributed by atoms with van der Waals surface area (Å²) in [5.41, 5.74) is 1.60. The number of halogens is 1. The third kappa shape index (κ3) is 5.29. The van der Waals surface area contributed by atoms with Crippen molar-refractivity contribution in [3.05, 3.63) is 0 Å². The Labute approximate surface area is 179 Å². The first-order valence-corrected chi connectivity index (χ1v) is 10.8. The molecule has 0 amide bonds. The van der Waals surface area contributed by atoms with Crippen LogP contribution < -0.4 is 20.9 Å². The van der Waals surface area contributed by atoms with Gasteiger partial charge in [0.15, 0.2) is 11.6 Å². The van der Waals surface area contributed by atoms with Gasteiger partial charge in [-0.15, -0.1) is 12.4 Å². The maximum Gasteiger partial charge on any atom is 0.228 e. The number of anilines is 4. The molecule has 3 N–H and O–H groups in total. The van der Waals surface area contributed by atoms with E-state index in [1.807, 2.05) is 0 Å². The molecule has 9 heteroatoms. The number of nitrogens with zero attached hydrogens (tertiary/aromatic N) is 5. The minimum Gasteiger partial charge on any atom is -0.368 e. The van der Waals surface area contributed by atoms with Crippen LogP contribution in [-0.4, -0.2) is 52.7 Å². The molecule has 0 aromatic carbocycles. The standard InChI is InChI=1S/C20H32N8.ClH/c1-4-21-19-24-15-16(17(26-19)22-11-13-7-8-13)25-20(28(5-2)6-3)27-18(15)23-12-14-9-10-14;/h13-14H,4-12H2,1-3H3,(H,23,25,27)(H2,21,22,24,26);1H. The van der Waals surface area contributed by atoms with Gasteiger partial charge in [0, 0.05) is 32.7 Å². The SMILES string of the molecule is CCNc1nc(NCC2CC2)c2nc(N(CC)CC)nc(NCC3CC3)c2n1.Cl. The van der Waals surface area contributed by atoms with Crippen molar-refractivity contribution in [2.75, 3.05) is 53.6 Å². The van der Waals surface area contributed by atoms with E-state index in [9.17, 15) is 0 Å². The van der Waals surface area contributed by atoms with Gasteiger partial charge in [0.1, 0.15) is 11.0 Å². The van der Waals surface area contributed by atoms with Crippen LogP contribution >= 0.6 is 12.4 Å². The molecule has 2 aliphatic carbocycles. The van der Waals surface area contributed by atoms with E-state index < -0.39 is 0 Å². The highest BCUT2D eigenvalue weighted by Gasteiger charge is 2.25. The second kappa shape index (κ2) is 9.61. The fourth-order valence-electron chi connectivity index (χ4n) is 3.26. The molecule has 4 rings (SSSR count). The summed E-state index contributed by atoms with van der Waals surface area (Å²) in [5, 5.41) is 10.3. The average Bonchev–Trinajstić information content (AvgIpc) is 3.61. The second-order valence-electron chi connectivity index (χ2n) is 7.82. The summed E-state index contributed by atoms with van der Waals surface area (Å²) in [4.78, 5) is 21.4. The van der Waals surface area contributed by atoms with E-state index in [0.717, 1.165) is 73.2 Å². The zero-order valence-corrected chi connectivity index (χ0v) is 18.5. The van der Waals surface area contributed by atoms with Crippen LogP contribution in [-0.2, 0) is 0 Å². The Bertz CT molecular complexity index is 818. The van der Waals surface area contributed by atoms with Crippen LogP contribution in [0.3, 0.4) is 0 Å². The van der Waals surface area contributed by atoms with E-state index in [4.69, 9.17) is 19.9 Å². The highest BCUT2D eigenvalue weighted by atomic mass is 35.5. The highest BCUT2D eigenvalue weighted by Crippen LogP contribution is 2.33. The van der Waals surface area contributed by atoms with Gasteiger partial charge in [0.05, 0.1) is 0 Å². The van der Waals surface area contributed by atoms with Crippen LogP contribution in [0, 0.1) is 11.8 Å². The fraction of sp³-hybridized carbons (Fsp3) is 0.700. The number of hydrogen-bond acceptors (Lipinski definition) is 8. The van der Waals surface area contributed by atoms with Gasteiger partial charge in [-0.1, -0.05) is 0 Å². The number of aromatic nitrogens is 4. The molecule has 160 valence electrons. The summed E-state index contributed by atoms with van der Waals surface area (Å²) in [6.45, 7) is 10.7. The van der Waals surface area contributed by atoms with Gasteiger partial charge in [0.2, 0.25) is 11.9 Å². The van der Waals surface area contributed by atoms with Gasteiger partial charge in [-0.25, -0.2) is 9.97 Å². The van der Waals surface area contributed by atoms with Crippen LogP contribution in [0.4, 0.5) is 23.5 Å². The Morgan fingerprint density at radius 1 is 0.759 bits per heavy atom. The first kappa shape index (κ1) is 21.6. The van der Waals surface area contributed by atoms with Crippen LogP contribution in [0.15, 0.2) is 0 Å². The highest BCUT2D eigenvalue weighted by molar-refractivity contribution is 5.94. The van der Waals surface area contributed by atoms with Gasteiger partial charge in [0.25, 0.3) is 0 Å². The quantitative estimate of drug-likeness (QED) is 0.506. The first-order chi connectivity index (χ1) is 13.7. The van der Waals surface area contributed by atoms with E-state index in [1.54, 1.807) is 0 Å². The number of rotatable bonds is 11. The van der Waals surface area contributed by atoms with Crippen molar-refractivity contribution >= 4 is 47.0 Å². The molecule has 0 aliphatic heterocycles. The zero-order valence-electron chi connectivity index (χ0n) is 17.7. The van der Waals surface area contributed by atoms with Crippen LogP contribution in [0.25, 0.3) is 11.0 Å². The normalized spacial score (nSPS) is 15.7. The molecule has 2 heterocycles. The van der Waals surface area contributed by atoms with Crippen LogP contribution in [0.5, 0.6) is 0 Å². The molecule has 29 heavy (non-hydrogen) atoms. The third-order valence-corrected chi connectivity index (χ3v) is 5.42. The molecular formula is C20H33ClN8. The first-order valence-electron chi connectivity index (χ1n) is 10.8. The van der Waals surface area contributed by atoms with Gasteiger partial charge in [-0.2, -0.15) is 9.97 Å². The Kier molecular flexibility index (Phi) is 7.16. The molecule has 0 spiro atoms. The molecule has 0 unspecified atom stereocenters. The summed E-state index contributed by atoms with van der Waals surface area (Å²) in [6.07, 6.45) is 5.18. The number of hydrogen-bond donors (Lipinski definition) is 3. The lowest BCUT2D eigenvalue weighted by Gasteiger charge is -2.21. The third-order valence-electron chi connectivity index (χ3n) is 5.42. The van der Waals surface area contributed by atoms with Crippen molar-refractivity contribution in [1.82, 2.24) is 19.9 Å². The monoisotopic (exact) mass is 420 g/mol. The molecule has 2 fully saturated rings. The second-order valence-corrected chi connectivity index (χ2v) is 7.82. The molecule has 0 atom stereocenters. The zero-order chi connectivity index (χ0) is 19.5. The molecular weight excluding hydrogens is 388 g/mol. The minimum atomic E-state index is 0. The molecule has 2 aromatic heterocycles. The summed E-state index contributed by atoms with van der Waals surface area (Å²) in [6, 6.07) is 0. The predicted octanol–water partition coefficient (Wildman–Crippen LogP) is 3.76. The Morgan fingerprint density at radius 3 is 1.83 bits per heavy atom. The topological polar surface area (TPSA) is 90.9 Å². The molecule has 0 radical (unpaired) electrons. The molecule has 2 saturated carbocycles. The maximum absolute atomic E-state index is 4.88. The van der Waals surface area contributed by atoms with Gasteiger partial charge in [-0.05, 0) is 58.3 Å². The molecule has 0 saturated heterocycles. The molecule has 8 nitrogen and oxygen atoms in total. The van der Waals surface area contributed by atoms with E-state index in [2.05, 4.69) is 41.6 Å². The molecule has 2 aliphatic rings. The van der Waals surface area contributed by atoms with Crippen LogP contribution in [0.2, 0.25) is 0 Å². The van der Waals surface area contributed by atoms with Crippen molar-refractivity contribution in [2.45, 2.75) is 46.5 Å². The lowest BCUT2D eigenvalue weighted by Crippen LogP contribution is -2.25. The van der Waals surface area contributed by atoms with Gasteiger partial charge >= 0.3 is 0 Å². The van der Waals surface area contributed by atoms with E-state index >= 15 is 0 Å². The smallest absolute Gasteiger partial charge is 0.228 e. The van der Waals surface area contributed by atoms with Gasteiger partial charge in [-0.3, -0.25) is 0 Å². The minimum absolute atomic E-state index is 0. The lowest BCUT2D eigenvalue weighted by atomic mass is 10.3. The van der Waals surface area contributed by atoms with Crippen LogP contribution in [0.1, 0.15) is 46.5 Å². The van der Waals surface area contributed by atoms with Crippen molar-refractivity contribution in [3.8, 4) is 0 Å². The van der Waals surface area contributed by atoms with Crippen molar-refractivity contribution in [2.24, 2.45) is 11.8 Å². The Hall–Kier alpha value is -2.09. The molecule has 2 aromatic rings. The van der Waals surface area contributed by atoms with E-state index in [1.165, 1.54) is 25.7 Å². The van der Waals surface area contributed by atoms with E-state index in [-0.39, 0.29) is 12.4 Å². The Morgan fingerprint density at radius 2 is 1.31 bits per heavy atom. The maximum atomic E-state index is 4.88. The summed E-state index contributed by atoms with van der Waals surface area (Å²) >= 11 is 0. The lowest BCUT2D eigenvalue weighted by molar-refractivity contribution is 0.821. The Balaban J connectivity index is 0.00000240. The van der Waals surface area contributed by atoms with Gasteiger partial charge < -0.3 is 20.9 Å². The van der Waals surface area contributed by atoms with Crippen molar-refractivity contribution in [3.63, 3.8) is 0 Å². The summed E-state index contributed by atoms with van der Waals surface area (Å²) < 4.78 is 0. The van der Waals surface area contributed by atoms with Crippen molar-refractivity contribution in [1.29, 1.82) is 0 Å². The average molecular weight is 421 g/mol. The fourth-order valence-corrected chi connectivity index (χ4v) is 3.26. The number of fused-ring (bicyclic) bond motifs is 1. The largest absolute Gasteiger partial charge is 0.368 e.